The lowest BCUT2D eigenvalue weighted by Crippen LogP contribution is -2.45. The summed E-state index contributed by atoms with van der Waals surface area (Å²) in [6, 6.07) is 0.217. The maximum Gasteiger partial charge on any atom is 0.334 e. The lowest BCUT2D eigenvalue weighted by molar-refractivity contribution is -0.144. The minimum Gasteiger partial charge on any atom is -0.467 e. The number of nitrogens with one attached hydrogen (secondary N) is 1. The van der Waals surface area contributed by atoms with E-state index in [1.165, 1.54) is 7.11 Å². The van der Waals surface area contributed by atoms with Crippen LogP contribution in [-0.4, -0.2) is 24.7 Å². The molecule has 3 nitrogen and oxygen atoms in total. The SMILES string of the molecule is COC(=O)C12C=CC(C=C1)N2. The van der Waals surface area contributed by atoms with Crippen LogP contribution in [0.3, 0.4) is 0 Å². The van der Waals surface area contributed by atoms with Crippen LogP contribution in [0.4, 0.5) is 0 Å². The van der Waals surface area contributed by atoms with Gasteiger partial charge in [-0.15, -0.1) is 0 Å². The molecule has 0 aromatic rings. The van der Waals surface area contributed by atoms with Crippen LogP contribution in [0.2, 0.25) is 0 Å². The predicted molar refractivity (Wildman–Crippen MR) is 40.0 cm³/mol. The van der Waals surface area contributed by atoms with Crippen LogP contribution in [0.25, 0.3) is 0 Å². The molecule has 3 heteroatoms. The molecule has 58 valence electrons. The van der Waals surface area contributed by atoms with Crippen LogP contribution in [-0.2, 0) is 9.53 Å². The maximum absolute atomic E-state index is 11.2. The quantitative estimate of drug-likeness (QED) is 0.423. The molecule has 0 radical (unpaired) electrons. The topological polar surface area (TPSA) is 38.3 Å². The van der Waals surface area contributed by atoms with Gasteiger partial charge in [-0.3, -0.25) is 5.32 Å². The number of carbonyl (C=O) groups is 1. The molecule has 2 aliphatic heterocycles. The van der Waals surface area contributed by atoms with Crippen molar-refractivity contribution in [2.24, 2.45) is 0 Å². The third-order valence-electron chi connectivity index (χ3n) is 2.06. The Labute approximate surface area is 64.7 Å². The second kappa shape index (κ2) is 1.95. The monoisotopic (exact) mass is 151 g/mol. The Balaban J connectivity index is 2.30. The fourth-order valence-electron chi connectivity index (χ4n) is 1.46. The van der Waals surface area contributed by atoms with Crippen molar-refractivity contribution in [1.82, 2.24) is 5.32 Å². The van der Waals surface area contributed by atoms with Gasteiger partial charge in [0, 0.05) is 6.04 Å². The van der Waals surface area contributed by atoms with Crippen molar-refractivity contribution in [3.05, 3.63) is 24.3 Å². The van der Waals surface area contributed by atoms with Gasteiger partial charge in [-0.25, -0.2) is 4.79 Å². The van der Waals surface area contributed by atoms with Crippen molar-refractivity contribution >= 4 is 5.97 Å². The van der Waals surface area contributed by atoms with Crippen molar-refractivity contribution < 1.29 is 9.53 Å². The van der Waals surface area contributed by atoms with E-state index in [4.69, 9.17) is 0 Å². The van der Waals surface area contributed by atoms with E-state index in [0.29, 0.717) is 0 Å². The smallest absolute Gasteiger partial charge is 0.334 e. The molecule has 1 N–H and O–H groups in total. The third-order valence-corrected chi connectivity index (χ3v) is 2.06. The first-order chi connectivity index (χ1) is 5.27. The Morgan fingerprint density at radius 1 is 1.55 bits per heavy atom. The maximum atomic E-state index is 11.2. The highest BCUT2D eigenvalue weighted by Gasteiger charge is 2.42. The molecule has 2 bridgehead atoms. The summed E-state index contributed by atoms with van der Waals surface area (Å²) < 4.78 is 4.65. The van der Waals surface area contributed by atoms with Crippen molar-refractivity contribution in [3.63, 3.8) is 0 Å². The van der Waals surface area contributed by atoms with Gasteiger partial charge in [-0.1, -0.05) is 24.3 Å². The molecule has 2 heterocycles. The summed E-state index contributed by atoms with van der Waals surface area (Å²) in [5.41, 5.74) is -0.653. The van der Waals surface area contributed by atoms with Gasteiger partial charge in [0.25, 0.3) is 0 Å². The normalized spacial score (nSPS) is 38.1. The first-order valence-electron chi connectivity index (χ1n) is 3.52. The minimum atomic E-state index is -0.653. The molecule has 2 aliphatic rings. The van der Waals surface area contributed by atoms with Gasteiger partial charge in [-0.05, 0) is 0 Å². The van der Waals surface area contributed by atoms with Crippen LogP contribution in [0.15, 0.2) is 24.3 Å². The molecule has 0 aromatic carbocycles. The fraction of sp³-hybridized carbons (Fsp3) is 0.375. The number of hydrogen-bond donors (Lipinski definition) is 1. The fourth-order valence-corrected chi connectivity index (χ4v) is 1.46. The summed E-state index contributed by atoms with van der Waals surface area (Å²) >= 11 is 0. The van der Waals surface area contributed by atoms with Crippen molar-refractivity contribution in [3.8, 4) is 0 Å². The zero-order valence-corrected chi connectivity index (χ0v) is 6.20. The van der Waals surface area contributed by atoms with Gasteiger partial charge in [-0.2, -0.15) is 0 Å². The second-order valence-corrected chi connectivity index (χ2v) is 2.75. The van der Waals surface area contributed by atoms with Gasteiger partial charge in [0.05, 0.1) is 7.11 Å². The second-order valence-electron chi connectivity index (χ2n) is 2.75. The van der Waals surface area contributed by atoms with Crippen LogP contribution in [0.5, 0.6) is 0 Å². The van der Waals surface area contributed by atoms with E-state index in [1.54, 1.807) is 0 Å². The van der Waals surface area contributed by atoms with Gasteiger partial charge < -0.3 is 4.74 Å². The predicted octanol–water partition coefficient (Wildman–Crippen LogP) is -0.00400. The van der Waals surface area contributed by atoms with E-state index in [1.807, 2.05) is 24.3 Å². The number of hydrogen-bond acceptors (Lipinski definition) is 3. The Morgan fingerprint density at radius 3 is 2.55 bits per heavy atom. The molecule has 0 aromatic heterocycles. The molecule has 0 saturated heterocycles. The average molecular weight is 151 g/mol. The number of fused-ring (bicyclic) bond motifs is 2. The Morgan fingerprint density at radius 2 is 2.18 bits per heavy atom. The number of carbonyl (C=O) groups excluding carboxylic acids is 1. The van der Waals surface area contributed by atoms with Crippen LogP contribution in [0, 0.1) is 0 Å². The lowest BCUT2D eigenvalue weighted by Gasteiger charge is -2.17. The summed E-state index contributed by atoms with van der Waals surface area (Å²) in [6.07, 6.45) is 7.58. The largest absolute Gasteiger partial charge is 0.467 e. The van der Waals surface area contributed by atoms with Crippen LogP contribution >= 0.6 is 0 Å². The summed E-state index contributed by atoms with van der Waals surface area (Å²) in [5.74, 6) is -0.245. The first kappa shape index (κ1) is 6.61. The summed E-state index contributed by atoms with van der Waals surface area (Å²) in [6.45, 7) is 0. The van der Waals surface area contributed by atoms with Gasteiger partial charge in [0.2, 0.25) is 0 Å². The summed E-state index contributed by atoms with van der Waals surface area (Å²) in [4.78, 5) is 11.2. The van der Waals surface area contributed by atoms with Crippen LogP contribution < -0.4 is 5.32 Å². The van der Waals surface area contributed by atoms with Crippen molar-refractivity contribution in [2.75, 3.05) is 7.11 Å². The van der Waals surface area contributed by atoms with E-state index in [0.717, 1.165) is 0 Å². The van der Waals surface area contributed by atoms with Crippen molar-refractivity contribution in [2.45, 2.75) is 11.6 Å². The number of methoxy groups -OCH3 is 1. The first-order valence-corrected chi connectivity index (χ1v) is 3.52. The molecule has 0 saturated carbocycles. The molecular formula is C8H9NO2. The summed E-state index contributed by atoms with van der Waals surface area (Å²) in [5, 5.41) is 3.10. The number of ether oxygens (including phenoxy) is 1. The molecule has 0 amide bonds. The highest BCUT2D eigenvalue weighted by Crippen LogP contribution is 2.25. The summed E-state index contributed by atoms with van der Waals surface area (Å²) in [7, 11) is 1.39. The molecule has 11 heavy (non-hydrogen) atoms. The van der Waals surface area contributed by atoms with E-state index in [-0.39, 0.29) is 12.0 Å². The molecule has 0 spiro atoms. The standard InChI is InChI=1S/C8H9NO2/c1-11-7(10)8-4-2-6(9-8)3-5-8/h2-6,9H,1H3. The zero-order valence-electron chi connectivity index (χ0n) is 6.20. The molecule has 2 rings (SSSR count). The van der Waals surface area contributed by atoms with Crippen molar-refractivity contribution in [1.29, 1.82) is 0 Å². The molecule has 0 atom stereocenters. The number of rotatable bonds is 1. The Kier molecular flexibility index (Phi) is 1.17. The third kappa shape index (κ3) is 0.744. The van der Waals surface area contributed by atoms with E-state index < -0.39 is 5.54 Å². The van der Waals surface area contributed by atoms with Crippen LogP contribution in [0.1, 0.15) is 0 Å². The Hall–Kier alpha value is -1.09. The zero-order chi connectivity index (χ0) is 7.90. The molecule has 0 aliphatic carbocycles. The minimum absolute atomic E-state index is 0.217. The average Bonchev–Trinajstić information content (AvgIpc) is 2.62. The van der Waals surface area contributed by atoms with Gasteiger partial charge >= 0.3 is 5.97 Å². The molecular weight excluding hydrogens is 142 g/mol. The van der Waals surface area contributed by atoms with E-state index >= 15 is 0 Å². The van der Waals surface area contributed by atoms with Gasteiger partial charge in [0.1, 0.15) is 0 Å². The number of esters is 1. The van der Waals surface area contributed by atoms with Gasteiger partial charge in [0.15, 0.2) is 5.54 Å². The molecule has 0 fully saturated rings. The molecule has 0 unspecified atom stereocenters. The highest BCUT2D eigenvalue weighted by atomic mass is 16.5. The highest BCUT2D eigenvalue weighted by molar-refractivity contribution is 5.88. The van der Waals surface area contributed by atoms with E-state index in [2.05, 4.69) is 10.1 Å². The Bertz CT molecular complexity index is 241. The lowest BCUT2D eigenvalue weighted by atomic mass is 10.0. The van der Waals surface area contributed by atoms with E-state index in [9.17, 15) is 4.79 Å².